The van der Waals surface area contributed by atoms with Gasteiger partial charge in [0.15, 0.2) is 0 Å². The Hall–Kier alpha value is -1.78. The Morgan fingerprint density at radius 3 is 2.86 bits per heavy atom. The Morgan fingerprint density at radius 2 is 2.00 bits per heavy atom. The summed E-state index contributed by atoms with van der Waals surface area (Å²) in [6.07, 6.45) is 0. The summed E-state index contributed by atoms with van der Waals surface area (Å²) in [5.74, 6) is 0.465. The highest BCUT2D eigenvalue weighted by molar-refractivity contribution is 5.86. The van der Waals surface area contributed by atoms with Crippen LogP contribution in [-0.4, -0.2) is 45.2 Å². The van der Waals surface area contributed by atoms with E-state index in [1.165, 1.54) is 16.3 Å². The number of hydrogen-bond acceptors (Lipinski definition) is 4. The van der Waals surface area contributed by atoms with Gasteiger partial charge in [-0.25, -0.2) is 0 Å². The van der Waals surface area contributed by atoms with Crippen LogP contribution in [0.1, 0.15) is 11.6 Å². The van der Waals surface area contributed by atoms with Crippen molar-refractivity contribution >= 4 is 10.8 Å². The van der Waals surface area contributed by atoms with Crippen LogP contribution in [0.25, 0.3) is 10.8 Å². The molecule has 116 valence electrons. The van der Waals surface area contributed by atoms with Gasteiger partial charge >= 0.3 is 0 Å². The van der Waals surface area contributed by atoms with Crippen molar-refractivity contribution in [3.8, 4) is 0 Å². The monoisotopic (exact) mass is 296 g/mol. The predicted octanol–water partition coefficient (Wildman–Crippen LogP) is 3.11. The first-order valence-corrected chi connectivity index (χ1v) is 7.97. The lowest BCUT2D eigenvalue weighted by Crippen LogP contribution is -2.33. The molecule has 4 heteroatoms. The molecule has 0 bridgehead atoms. The molecule has 0 saturated heterocycles. The number of nitrogens with one attached hydrogen (secondary N) is 1. The third-order valence-electron chi connectivity index (χ3n) is 4.40. The summed E-state index contributed by atoms with van der Waals surface area (Å²) in [7, 11) is 4.17. The van der Waals surface area contributed by atoms with Crippen LogP contribution in [0.4, 0.5) is 0 Å². The predicted molar refractivity (Wildman–Crippen MR) is 91.3 cm³/mol. The van der Waals surface area contributed by atoms with Crippen LogP contribution in [0.15, 0.2) is 52.7 Å². The average molecular weight is 296 g/mol. The lowest BCUT2D eigenvalue weighted by molar-refractivity contribution is 0.272. The zero-order chi connectivity index (χ0) is 15.4. The summed E-state index contributed by atoms with van der Waals surface area (Å²) in [5, 5.41) is 14.7. The third-order valence-corrected chi connectivity index (χ3v) is 4.40. The van der Waals surface area contributed by atoms with E-state index < -0.39 is 0 Å². The molecule has 2 unspecified atom stereocenters. The van der Waals surface area contributed by atoms with Gasteiger partial charge < -0.3 is 10.2 Å². The zero-order valence-corrected chi connectivity index (χ0v) is 13.4. The molecule has 4 nitrogen and oxygen atoms in total. The number of likely N-dealkylation sites (N-methyl/N-ethyl adjacent to an activating group) is 2. The van der Waals surface area contributed by atoms with Gasteiger partial charge in [-0.1, -0.05) is 42.5 Å². The van der Waals surface area contributed by atoms with E-state index >= 15 is 0 Å². The summed E-state index contributed by atoms with van der Waals surface area (Å²) in [6, 6.07) is 15.2. The highest BCUT2D eigenvalue weighted by atomic mass is 15.2. The van der Waals surface area contributed by atoms with Gasteiger partial charge in [0.2, 0.25) is 0 Å². The topological polar surface area (TPSA) is 40.0 Å². The van der Waals surface area contributed by atoms with Crippen LogP contribution in [0.3, 0.4) is 0 Å². The Labute approximate surface area is 132 Å². The Morgan fingerprint density at radius 1 is 1.18 bits per heavy atom. The van der Waals surface area contributed by atoms with Crippen LogP contribution in [-0.2, 0) is 0 Å². The minimum absolute atomic E-state index is 0.183. The molecule has 0 aliphatic carbocycles. The number of fused-ring (bicyclic) bond motifs is 1. The van der Waals surface area contributed by atoms with Crippen molar-refractivity contribution in [3.63, 3.8) is 0 Å². The summed E-state index contributed by atoms with van der Waals surface area (Å²) < 4.78 is 0. The van der Waals surface area contributed by atoms with Crippen molar-refractivity contribution in [2.45, 2.75) is 6.04 Å². The fourth-order valence-corrected chi connectivity index (χ4v) is 3.21. The second-order valence-electron chi connectivity index (χ2n) is 6.08. The molecule has 2 aromatic carbocycles. The maximum atomic E-state index is 4.55. The number of hydrogen-bond donors (Lipinski definition) is 1. The molecular formula is C18H24N4. The van der Waals surface area contributed by atoms with E-state index in [0.717, 1.165) is 26.2 Å². The normalized spacial score (nSPS) is 21.0. The van der Waals surface area contributed by atoms with E-state index in [4.69, 9.17) is 0 Å². The van der Waals surface area contributed by atoms with Crippen molar-refractivity contribution in [1.82, 2.24) is 10.2 Å². The van der Waals surface area contributed by atoms with Crippen molar-refractivity contribution in [1.29, 1.82) is 0 Å². The first kappa shape index (κ1) is 15.1. The number of nitrogens with zero attached hydrogens (tertiary/aromatic N) is 3. The van der Waals surface area contributed by atoms with Gasteiger partial charge in [0.1, 0.15) is 6.04 Å². The van der Waals surface area contributed by atoms with E-state index in [9.17, 15) is 0 Å². The second-order valence-corrected chi connectivity index (χ2v) is 6.08. The van der Waals surface area contributed by atoms with E-state index in [0.29, 0.717) is 5.92 Å². The minimum Gasteiger partial charge on any atom is -0.318 e. The first-order valence-electron chi connectivity index (χ1n) is 7.97. The third kappa shape index (κ3) is 3.18. The molecule has 1 heterocycles. The molecule has 1 aliphatic rings. The van der Waals surface area contributed by atoms with Crippen LogP contribution in [0.2, 0.25) is 0 Å². The van der Waals surface area contributed by atoms with Crippen molar-refractivity contribution < 1.29 is 0 Å². The lowest BCUT2D eigenvalue weighted by Gasteiger charge is -2.24. The number of azo groups is 1. The Kier molecular flexibility index (Phi) is 4.80. The van der Waals surface area contributed by atoms with E-state index in [1.807, 2.05) is 7.05 Å². The van der Waals surface area contributed by atoms with Gasteiger partial charge in [-0.2, -0.15) is 10.2 Å². The molecule has 0 radical (unpaired) electrons. The van der Waals surface area contributed by atoms with Gasteiger partial charge in [0, 0.05) is 25.6 Å². The van der Waals surface area contributed by atoms with Gasteiger partial charge in [0.25, 0.3) is 0 Å². The zero-order valence-electron chi connectivity index (χ0n) is 13.4. The van der Waals surface area contributed by atoms with Crippen molar-refractivity contribution in [2.75, 3.05) is 40.3 Å². The molecule has 0 saturated carbocycles. The minimum atomic E-state index is 0.183. The molecule has 0 fully saturated rings. The molecule has 22 heavy (non-hydrogen) atoms. The Bertz CT molecular complexity index is 647. The molecular weight excluding hydrogens is 272 g/mol. The lowest BCUT2D eigenvalue weighted by atomic mass is 9.90. The molecule has 0 amide bonds. The van der Waals surface area contributed by atoms with Crippen LogP contribution in [0.5, 0.6) is 0 Å². The molecule has 3 rings (SSSR count). The summed E-state index contributed by atoms with van der Waals surface area (Å²) in [4.78, 5) is 2.37. The largest absolute Gasteiger partial charge is 0.318 e. The maximum Gasteiger partial charge on any atom is 0.102 e. The molecule has 1 N–H and O–H groups in total. The average Bonchev–Trinajstić information content (AvgIpc) is 3.00. The van der Waals surface area contributed by atoms with Crippen LogP contribution >= 0.6 is 0 Å². The first-order chi connectivity index (χ1) is 10.8. The van der Waals surface area contributed by atoms with Crippen LogP contribution < -0.4 is 5.32 Å². The second kappa shape index (κ2) is 6.99. The highest BCUT2D eigenvalue weighted by Crippen LogP contribution is 2.36. The SMILES string of the molecule is CNCCN(C)CC1CN=NC1c1cccc2ccccc12. The van der Waals surface area contributed by atoms with E-state index in [-0.39, 0.29) is 6.04 Å². The van der Waals surface area contributed by atoms with Crippen LogP contribution in [0, 0.1) is 5.92 Å². The molecule has 1 aliphatic heterocycles. The molecule has 0 aromatic heterocycles. The molecule has 2 atom stereocenters. The summed E-state index contributed by atoms with van der Waals surface area (Å²) in [6.45, 7) is 3.92. The molecule has 2 aromatic rings. The van der Waals surface area contributed by atoms with Gasteiger partial charge in [-0.15, -0.1) is 0 Å². The number of rotatable bonds is 6. The fraction of sp³-hybridized carbons (Fsp3) is 0.444. The summed E-state index contributed by atoms with van der Waals surface area (Å²) in [5.41, 5.74) is 1.31. The van der Waals surface area contributed by atoms with Gasteiger partial charge in [-0.05, 0) is 30.4 Å². The standard InChI is InChI=1S/C18H24N4/c1-19-10-11-22(2)13-15-12-20-21-18(15)17-9-5-7-14-6-3-4-8-16(14)17/h3-9,15,18-19H,10-13H2,1-2H3. The highest BCUT2D eigenvalue weighted by Gasteiger charge is 2.29. The molecule has 0 spiro atoms. The van der Waals surface area contributed by atoms with Crippen molar-refractivity contribution in [3.05, 3.63) is 48.0 Å². The maximum absolute atomic E-state index is 4.55. The fourth-order valence-electron chi connectivity index (χ4n) is 3.21. The Balaban J connectivity index is 1.81. The summed E-state index contributed by atoms with van der Waals surface area (Å²) >= 11 is 0. The van der Waals surface area contributed by atoms with E-state index in [2.05, 4.69) is 70.0 Å². The smallest absolute Gasteiger partial charge is 0.102 e. The van der Waals surface area contributed by atoms with E-state index in [1.54, 1.807) is 0 Å². The van der Waals surface area contributed by atoms with Crippen molar-refractivity contribution in [2.24, 2.45) is 16.1 Å². The quantitative estimate of drug-likeness (QED) is 0.889. The number of benzene rings is 2. The van der Waals surface area contributed by atoms with Gasteiger partial charge in [-0.3, -0.25) is 0 Å². The van der Waals surface area contributed by atoms with Gasteiger partial charge in [0.05, 0.1) is 6.54 Å².